The van der Waals surface area contributed by atoms with Gasteiger partial charge in [0.2, 0.25) is 0 Å². The van der Waals surface area contributed by atoms with Crippen LogP contribution < -0.4 is 16.2 Å². The van der Waals surface area contributed by atoms with Crippen LogP contribution in [0.5, 0.6) is 0 Å². The Morgan fingerprint density at radius 3 is 2.31 bits per heavy atom. The minimum atomic E-state index is -0.628. The highest BCUT2D eigenvalue weighted by molar-refractivity contribution is 6.08. The number of urea groups is 1. The van der Waals surface area contributed by atoms with E-state index in [-0.39, 0.29) is 17.0 Å². The van der Waals surface area contributed by atoms with Crippen molar-refractivity contribution in [3.05, 3.63) is 71.9 Å². The average molecular weight is 348 g/mol. The van der Waals surface area contributed by atoms with E-state index in [1.54, 1.807) is 48.5 Å². The van der Waals surface area contributed by atoms with E-state index in [9.17, 15) is 14.4 Å². The molecule has 3 aromatic rings. The van der Waals surface area contributed by atoms with Gasteiger partial charge >= 0.3 is 6.03 Å². The summed E-state index contributed by atoms with van der Waals surface area (Å²) in [7, 11) is 0. The van der Waals surface area contributed by atoms with Crippen molar-refractivity contribution in [2.24, 2.45) is 0 Å². The number of rotatable bonds is 3. The molecule has 3 rings (SSSR count). The molecule has 1 aromatic heterocycles. The van der Waals surface area contributed by atoms with Gasteiger partial charge in [0.15, 0.2) is 5.78 Å². The Balaban J connectivity index is 1.75. The highest BCUT2D eigenvalue weighted by atomic mass is 16.2. The van der Waals surface area contributed by atoms with Gasteiger partial charge in [-0.3, -0.25) is 15.0 Å². The third kappa shape index (κ3) is 3.84. The van der Waals surface area contributed by atoms with Crippen LogP contribution in [0.15, 0.2) is 60.7 Å². The topological polar surface area (TPSA) is 100 Å². The number of hydrogen-bond donors (Lipinski definition) is 3. The van der Waals surface area contributed by atoms with E-state index >= 15 is 0 Å². The van der Waals surface area contributed by atoms with Crippen LogP contribution >= 0.6 is 0 Å². The molecule has 3 N–H and O–H groups in total. The number of pyridine rings is 1. The molecular weight excluding hydrogens is 332 g/mol. The van der Waals surface area contributed by atoms with Crippen LogP contribution in [-0.4, -0.2) is 22.7 Å². The number of nitrogens with one attached hydrogen (secondary N) is 3. The molecular formula is C19H16N4O3. The number of nitrogens with zero attached hydrogens (tertiary/aromatic N) is 1. The normalized spacial score (nSPS) is 10.2. The summed E-state index contributed by atoms with van der Waals surface area (Å²) in [5, 5.41) is 3.29. The highest BCUT2D eigenvalue weighted by Crippen LogP contribution is 2.17. The predicted molar refractivity (Wildman–Crippen MR) is 97.8 cm³/mol. The second kappa shape index (κ2) is 7.43. The lowest BCUT2D eigenvalue weighted by molar-refractivity contribution is 0.0924. The lowest BCUT2D eigenvalue weighted by atomic mass is 10.1. The van der Waals surface area contributed by atoms with E-state index in [2.05, 4.69) is 21.2 Å². The summed E-state index contributed by atoms with van der Waals surface area (Å²) in [6.45, 7) is 1.34. The number of carbonyl (C=O) groups excluding carboxylic acids is 3. The van der Waals surface area contributed by atoms with Crippen molar-refractivity contribution in [2.75, 3.05) is 5.32 Å². The van der Waals surface area contributed by atoms with Crippen LogP contribution in [0.3, 0.4) is 0 Å². The summed E-state index contributed by atoms with van der Waals surface area (Å²) in [6.07, 6.45) is 0. The number of Topliss-reactive ketones (excluding diaryl/α,β-unsaturated/α-hetero) is 1. The molecule has 0 bridgehead atoms. The maximum atomic E-state index is 12.4. The first kappa shape index (κ1) is 17.1. The number of carbonyl (C=O) groups is 3. The van der Waals surface area contributed by atoms with E-state index < -0.39 is 11.9 Å². The molecule has 0 saturated heterocycles. The Labute approximate surface area is 149 Å². The minimum Gasteiger partial charge on any atom is -0.307 e. The van der Waals surface area contributed by atoms with Crippen LogP contribution in [0, 0.1) is 0 Å². The van der Waals surface area contributed by atoms with Crippen molar-refractivity contribution in [2.45, 2.75) is 6.92 Å². The second-order valence-corrected chi connectivity index (χ2v) is 5.53. The molecule has 0 unspecified atom stereocenters. The van der Waals surface area contributed by atoms with Gasteiger partial charge in [0.05, 0.1) is 11.1 Å². The first-order valence-corrected chi connectivity index (χ1v) is 7.87. The fourth-order valence-electron chi connectivity index (χ4n) is 2.42. The first-order chi connectivity index (χ1) is 12.5. The van der Waals surface area contributed by atoms with Crippen molar-refractivity contribution < 1.29 is 14.4 Å². The maximum absolute atomic E-state index is 12.4. The third-order valence-corrected chi connectivity index (χ3v) is 3.62. The number of benzene rings is 2. The van der Waals surface area contributed by atoms with E-state index in [4.69, 9.17) is 0 Å². The average Bonchev–Trinajstić information content (AvgIpc) is 2.65. The number of ketones is 1. The smallest absolute Gasteiger partial charge is 0.307 e. The number of para-hydroxylation sites is 2. The van der Waals surface area contributed by atoms with E-state index in [0.717, 1.165) is 5.39 Å². The zero-order valence-corrected chi connectivity index (χ0v) is 13.9. The molecule has 130 valence electrons. The minimum absolute atomic E-state index is 0.0477. The Kier molecular flexibility index (Phi) is 4.89. The zero-order valence-electron chi connectivity index (χ0n) is 13.9. The Bertz CT molecular complexity index is 987. The standard InChI is InChI=1S/C19H16N4O3/c1-12(24)17-15(11-13-7-5-6-10-16(13)21-17)18(25)22-23-19(26)20-14-8-3-2-4-9-14/h2-11H,1H3,(H,22,25)(H2,20,23,26). The number of amides is 3. The molecule has 0 aliphatic rings. The molecule has 0 radical (unpaired) electrons. The Morgan fingerprint density at radius 2 is 1.58 bits per heavy atom. The SMILES string of the molecule is CC(=O)c1nc2ccccc2cc1C(=O)NNC(=O)Nc1ccccc1. The van der Waals surface area contributed by atoms with Gasteiger partial charge < -0.3 is 5.32 Å². The van der Waals surface area contributed by atoms with Gasteiger partial charge in [-0.05, 0) is 24.3 Å². The van der Waals surface area contributed by atoms with Crippen LogP contribution in [0.25, 0.3) is 10.9 Å². The highest BCUT2D eigenvalue weighted by Gasteiger charge is 2.18. The molecule has 2 aromatic carbocycles. The van der Waals surface area contributed by atoms with Gasteiger partial charge in [0.25, 0.3) is 5.91 Å². The summed E-state index contributed by atoms with van der Waals surface area (Å²) in [5.74, 6) is -0.966. The van der Waals surface area contributed by atoms with Gasteiger partial charge in [-0.25, -0.2) is 15.2 Å². The lowest BCUT2D eigenvalue weighted by Gasteiger charge is -2.11. The quantitative estimate of drug-likeness (QED) is 0.500. The number of anilines is 1. The predicted octanol–water partition coefficient (Wildman–Crippen LogP) is 2.90. The van der Waals surface area contributed by atoms with Crippen molar-refractivity contribution in [1.82, 2.24) is 15.8 Å². The lowest BCUT2D eigenvalue weighted by Crippen LogP contribution is -2.44. The van der Waals surface area contributed by atoms with E-state index in [1.165, 1.54) is 6.92 Å². The molecule has 0 fully saturated rings. The maximum Gasteiger partial charge on any atom is 0.337 e. The van der Waals surface area contributed by atoms with Gasteiger partial charge in [-0.1, -0.05) is 36.4 Å². The summed E-state index contributed by atoms with van der Waals surface area (Å²) in [5.41, 5.74) is 5.88. The van der Waals surface area contributed by atoms with Crippen molar-refractivity contribution >= 4 is 34.3 Å². The molecule has 7 nitrogen and oxygen atoms in total. The number of fused-ring (bicyclic) bond motifs is 1. The largest absolute Gasteiger partial charge is 0.337 e. The molecule has 0 saturated carbocycles. The molecule has 0 spiro atoms. The summed E-state index contributed by atoms with van der Waals surface area (Å²) in [4.78, 5) is 40.4. The van der Waals surface area contributed by atoms with Gasteiger partial charge in [0.1, 0.15) is 5.69 Å². The third-order valence-electron chi connectivity index (χ3n) is 3.62. The molecule has 0 aliphatic carbocycles. The Hall–Kier alpha value is -3.74. The Morgan fingerprint density at radius 1 is 0.885 bits per heavy atom. The summed E-state index contributed by atoms with van der Waals surface area (Å²) in [6, 6.07) is 16.9. The molecule has 7 heteroatoms. The number of aromatic nitrogens is 1. The van der Waals surface area contributed by atoms with Crippen LogP contribution in [0.1, 0.15) is 27.8 Å². The molecule has 3 amide bonds. The number of hydrogen-bond acceptors (Lipinski definition) is 4. The van der Waals surface area contributed by atoms with Gasteiger partial charge in [-0.15, -0.1) is 0 Å². The second-order valence-electron chi connectivity index (χ2n) is 5.53. The van der Waals surface area contributed by atoms with Crippen molar-refractivity contribution in [1.29, 1.82) is 0 Å². The summed E-state index contributed by atoms with van der Waals surface area (Å²) < 4.78 is 0. The zero-order chi connectivity index (χ0) is 18.5. The van der Waals surface area contributed by atoms with Crippen molar-refractivity contribution in [3.63, 3.8) is 0 Å². The van der Waals surface area contributed by atoms with Crippen LogP contribution in [0.4, 0.5) is 10.5 Å². The monoisotopic (exact) mass is 348 g/mol. The van der Waals surface area contributed by atoms with Crippen LogP contribution in [0.2, 0.25) is 0 Å². The van der Waals surface area contributed by atoms with Gasteiger partial charge in [0, 0.05) is 18.0 Å². The fourth-order valence-corrected chi connectivity index (χ4v) is 2.42. The molecule has 0 aliphatic heterocycles. The van der Waals surface area contributed by atoms with Crippen LogP contribution in [-0.2, 0) is 0 Å². The molecule has 0 atom stereocenters. The number of hydrazine groups is 1. The van der Waals surface area contributed by atoms with E-state index in [0.29, 0.717) is 11.2 Å². The summed E-state index contributed by atoms with van der Waals surface area (Å²) >= 11 is 0. The van der Waals surface area contributed by atoms with Gasteiger partial charge in [-0.2, -0.15) is 0 Å². The van der Waals surface area contributed by atoms with Crippen molar-refractivity contribution in [3.8, 4) is 0 Å². The first-order valence-electron chi connectivity index (χ1n) is 7.87. The van der Waals surface area contributed by atoms with E-state index in [1.807, 2.05) is 12.1 Å². The fraction of sp³-hybridized carbons (Fsp3) is 0.0526. The molecule has 1 heterocycles. The molecule has 26 heavy (non-hydrogen) atoms.